The van der Waals surface area contributed by atoms with Crippen LogP contribution in [0.15, 0.2) is 24.3 Å². The molecular formula is C18H25FN2O3. The smallest absolute Gasteiger partial charge is 0.317 e. The van der Waals surface area contributed by atoms with E-state index in [1.54, 1.807) is 6.07 Å². The molecule has 1 atom stereocenters. The maximum atomic E-state index is 13.3. The highest BCUT2D eigenvalue weighted by Gasteiger charge is 2.28. The van der Waals surface area contributed by atoms with Crippen LogP contribution in [-0.4, -0.2) is 43.1 Å². The first-order chi connectivity index (χ1) is 11.6. The Labute approximate surface area is 142 Å². The quantitative estimate of drug-likeness (QED) is 0.615. The number of benzene rings is 1. The molecule has 0 saturated carbocycles. The van der Waals surface area contributed by atoms with Crippen LogP contribution in [0.3, 0.4) is 0 Å². The first-order valence-electron chi connectivity index (χ1n) is 8.46. The first kappa shape index (κ1) is 18.2. The average Bonchev–Trinajstić information content (AvgIpc) is 3.02. The number of rotatable bonds is 7. The maximum absolute atomic E-state index is 13.3. The molecule has 1 aliphatic rings. The Morgan fingerprint density at radius 3 is 2.96 bits per heavy atom. The van der Waals surface area contributed by atoms with Gasteiger partial charge in [-0.1, -0.05) is 12.1 Å². The normalized spacial score (nSPS) is 16.9. The minimum absolute atomic E-state index is 0.0769. The molecule has 0 bridgehead atoms. The second-order valence-corrected chi connectivity index (χ2v) is 6.09. The van der Waals surface area contributed by atoms with Gasteiger partial charge in [-0.05, 0) is 49.8 Å². The lowest BCUT2D eigenvalue weighted by Crippen LogP contribution is -2.43. The molecule has 1 aliphatic heterocycles. The number of ether oxygens (including phenoxy) is 1. The molecule has 0 radical (unpaired) electrons. The SMILES string of the molecule is COC(=O)CCCCNC(=O)N1CCCC1Cc1cccc(F)c1. The van der Waals surface area contributed by atoms with Crippen molar-refractivity contribution >= 4 is 12.0 Å². The fraction of sp³-hybridized carbons (Fsp3) is 0.556. The molecule has 5 nitrogen and oxygen atoms in total. The molecule has 2 rings (SSSR count). The summed E-state index contributed by atoms with van der Waals surface area (Å²) in [6.45, 7) is 1.27. The number of unbranched alkanes of at least 4 members (excludes halogenated alkanes) is 1. The highest BCUT2D eigenvalue weighted by Crippen LogP contribution is 2.21. The summed E-state index contributed by atoms with van der Waals surface area (Å²) < 4.78 is 17.9. The lowest BCUT2D eigenvalue weighted by atomic mass is 10.0. The minimum Gasteiger partial charge on any atom is -0.469 e. The van der Waals surface area contributed by atoms with Gasteiger partial charge >= 0.3 is 12.0 Å². The molecule has 1 fully saturated rings. The van der Waals surface area contributed by atoms with Crippen LogP contribution < -0.4 is 5.32 Å². The van der Waals surface area contributed by atoms with E-state index in [9.17, 15) is 14.0 Å². The lowest BCUT2D eigenvalue weighted by Gasteiger charge is -2.25. The Bertz CT molecular complexity index is 565. The number of nitrogens with one attached hydrogen (secondary N) is 1. The number of esters is 1. The summed E-state index contributed by atoms with van der Waals surface area (Å²) in [7, 11) is 1.37. The zero-order chi connectivity index (χ0) is 17.4. The van der Waals surface area contributed by atoms with Crippen molar-refractivity contribution in [2.24, 2.45) is 0 Å². The highest BCUT2D eigenvalue weighted by molar-refractivity contribution is 5.74. The van der Waals surface area contributed by atoms with E-state index in [4.69, 9.17) is 0 Å². The van der Waals surface area contributed by atoms with Crippen molar-refractivity contribution in [3.05, 3.63) is 35.6 Å². The van der Waals surface area contributed by atoms with Gasteiger partial charge in [-0.2, -0.15) is 0 Å². The zero-order valence-electron chi connectivity index (χ0n) is 14.1. The van der Waals surface area contributed by atoms with Crippen LogP contribution in [0.4, 0.5) is 9.18 Å². The third-order valence-corrected chi connectivity index (χ3v) is 4.31. The number of amides is 2. The molecule has 1 aromatic rings. The molecule has 1 N–H and O–H groups in total. The summed E-state index contributed by atoms with van der Waals surface area (Å²) in [6.07, 6.45) is 4.39. The third-order valence-electron chi connectivity index (χ3n) is 4.31. The number of likely N-dealkylation sites (tertiary alicyclic amines) is 1. The molecular weight excluding hydrogens is 311 g/mol. The van der Waals surface area contributed by atoms with Crippen molar-refractivity contribution in [1.29, 1.82) is 0 Å². The van der Waals surface area contributed by atoms with Crippen molar-refractivity contribution in [2.75, 3.05) is 20.2 Å². The minimum atomic E-state index is -0.243. The highest BCUT2D eigenvalue weighted by atomic mass is 19.1. The van der Waals surface area contributed by atoms with E-state index < -0.39 is 0 Å². The van der Waals surface area contributed by atoms with Crippen molar-refractivity contribution in [3.8, 4) is 0 Å². The average molecular weight is 336 g/mol. The molecule has 1 unspecified atom stereocenters. The Balaban J connectivity index is 1.75. The van der Waals surface area contributed by atoms with Gasteiger partial charge in [0.1, 0.15) is 5.82 Å². The van der Waals surface area contributed by atoms with Gasteiger partial charge < -0.3 is 15.0 Å². The van der Waals surface area contributed by atoms with Crippen molar-refractivity contribution < 1.29 is 18.7 Å². The topological polar surface area (TPSA) is 58.6 Å². The van der Waals surface area contributed by atoms with Crippen LogP contribution in [0.2, 0.25) is 0 Å². The summed E-state index contributed by atoms with van der Waals surface area (Å²) in [5.74, 6) is -0.469. The van der Waals surface area contributed by atoms with E-state index in [0.29, 0.717) is 25.8 Å². The number of nitrogens with zero attached hydrogens (tertiary/aromatic N) is 1. The Morgan fingerprint density at radius 2 is 2.21 bits per heavy atom. The first-order valence-corrected chi connectivity index (χ1v) is 8.46. The fourth-order valence-electron chi connectivity index (χ4n) is 3.04. The lowest BCUT2D eigenvalue weighted by molar-refractivity contribution is -0.140. The van der Waals surface area contributed by atoms with Crippen LogP contribution >= 0.6 is 0 Å². The number of carbonyl (C=O) groups is 2. The van der Waals surface area contributed by atoms with Gasteiger partial charge in [-0.15, -0.1) is 0 Å². The monoisotopic (exact) mass is 336 g/mol. The summed E-state index contributed by atoms with van der Waals surface area (Å²) in [5.41, 5.74) is 0.915. The van der Waals surface area contributed by atoms with Gasteiger partial charge in [0, 0.05) is 25.6 Å². The molecule has 1 saturated heterocycles. The zero-order valence-corrected chi connectivity index (χ0v) is 14.1. The van der Waals surface area contributed by atoms with Crippen molar-refractivity contribution in [1.82, 2.24) is 10.2 Å². The van der Waals surface area contributed by atoms with Gasteiger partial charge in [-0.3, -0.25) is 4.79 Å². The van der Waals surface area contributed by atoms with E-state index in [1.165, 1.54) is 19.2 Å². The van der Waals surface area contributed by atoms with Gasteiger partial charge in [0.15, 0.2) is 0 Å². The fourth-order valence-corrected chi connectivity index (χ4v) is 3.04. The van der Waals surface area contributed by atoms with Crippen molar-refractivity contribution in [2.45, 2.75) is 44.6 Å². The summed E-state index contributed by atoms with van der Waals surface area (Å²) in [5, 5.41) is 2.90. The van der Waals surface area contributed by atoms with Gasteiger partial charge in [0.05, 0.1) is 7.11 Å². The predicted molar refractivity (Wildman–Crippen MR) is 89.1 cm³/mol. The molecule has 1 heterocycles. The Kier molecular flexibility index (Phi) is 7.03. The molecule has 1 aromatic carbocycles. The predicted octanol–water partition coefficient (Wildman–Crippen LogP) is 2.89. The standard InChI is InChI=1S/C18H25FN2O3/c1-24-17(22)9-2-3-10-20-18(23)21-11-5-8-16(21)13-14-6-4-7-15(19)12-14/h4,6-7,12,16H,2-3,5,8-11,13H2,1H3,(H,20,23). The van der Waals surface area contributed by atoms with E-state index in [1.807, 2.05) is 11.0 Å². The molecule has 24 heavy (non-hydrogen) atoms. The Morgan fingerprint density at radius 1 is 1.38 bits per heavy atom. The number of hydrogen-bond acceptors (Lipinski definition) is 3. The van der Waals surface area contributed by atoms with Gasteiger partial charge in [-0.25, -0.2) is 9.18 Å². The number of carbonyl (C=O) groups excluding carboxylic acids is 2. The van der Waals surface area contributed by atoms with E-state index in [2.05, 4.69) is 10.1 Å². The van der Waals surface area contributed by atoms with Gasteiger partial charge in [0.25, 0.3) is 0 Å². The maximum Gasteiger partial charge on any atom is 0.317 e. The summed E-state index contributed by atoms with van der Waals surface area (Å²) in [4.78, 5) is 25.2. The second-order valence-electron chi connectivity index (χ2n) is 6.09. The number of urea groups is 1. The molecule has 2 amide bonds. The molecule has 132 valence electrons. The van der Waals surface area contributed by atoms with Crippen LogP contribution in [0.1, 0.15) is 37.7 Å². The summed E-state index contributed by atoms with van der Waals surface area (Å²) in [6, 6.07) is 6.59. The number of halogens is 1. The van der Waals surface area contributed by atoms with Crippen LogP contribution in [-0.2, 0) is 16.0 Å². The number of hydrogen-bond donors (Lipinski definition) is 1. The third kappa shape index (κ3) is 5.51. The van der Waals surface area contributed by atoms with Crippen LogP contribution in [0.5, 0.6) is 0 Å². The summed E-state index contributed by atoms with van der Waals surface area (Å²) >= 11 is 0. The van der Waals surface area contributed by atoms with Crippen molar-refractivity contribution in [3.63, 3.8) is 0 Å². The van der Waals surface area contributed by atoms with E-state index in [-0.39, 0.29) is 23.9 Å². The van der Waals surface area contributed by atoms with E-state index >= 15 is 0 Å². The van der Waals surface area contributed by atoms with Crippen LogP contribution in [0, 0.1) is 5.82 Å². The largest absolute Gasteiger partial charge is 0.469 e. The van der Waals surface area contributed by atoms with E-state index in [0.717, 1.165) is 31.4 Å². The van der Waals surface area contributed by atoms with Crippen LogP contribution in [0.25, 0.3) is 0 Å². The molecule has 0 aromatic heterocycles. The molecule has 0 aliphatic carbocycles. The number of methoxy groups -OCH3 is 1. The molecule has 6 heteroatoms. The van der Waals surface area contributed by atoms with Gasteiger partial charge in [0.2, 0.25) is 0 Å². The second kappa shape index (κ2) is 9.25. The molecule has 0 spiro atoms. The Hall–Kier alpha value is -2.11.